The first-order chi connectivity index (χ1) is 9.36. The van der Waals surface area contributed by atoms with Gasteiger partial charge in [-0.2, -0.15) is 0 Å². The molecular weight excluding hydrogens is 232 g/mol. The van der Waals surface area contributed by atoms with Crippen LogP contribution in [0.5, 0.6) is 0 Å². The molecule has 1 unspecified atom stereocenters. The van der Waals surface area contributed by atoms with Crippen molar-refractivity contribution < 1.29 is 0 Å². The molecule has 0 amide bonds. The molecule has 0 saturated carbocycles. The summed E-state index contributed by atoms with van der Waals surface area (Å²) >= 11 is 0. The van der Waals surface area contributed by atoms with Crippen LogP contribution in [0.4, 0.5) is 11.4 Å². The predicted octanol–water partition coefficient (Wildman–Crippen LogP) is 4.07. The Morgan fingerprint density at radius 3 is 2.58 bits per heavy atom. The molecule has 2 nitrogen and oxygen atoms in total. The van der Waals surface area contributed by atoms with Crippen molar-refractivity contribution in [2.75, 3.05) is 23.3 Å². The van der Waals surface area contributed by atoms with E-state index in [-0.39, 0.29) is 0 Å². The maximum absolute atomic E-state index is 3.52. The van der Waals surface area contributed by atoms with Crippen molar-refractivity contribution in [2.45, 2.75) is 19.4 Å². The van der Waals surface area contributed by atoms with E-state index >= 15 is 0 Å². The second-order valence-electron chi connectivity index (χ2n) is 5.08. The van der Waals surface area contributed by atoms with Crippen LogP contribution in [0.15, 0.2) is 54.6 Å². The number of rotatable bonds is 2. The molecule has 1 aliphatic rings. The lowest BCUT2D eigenvalue weighted by Gasteiger charge is -2.31. The summed E-state index contributed by atoms with van der Waals surface area (Å²) in [5.74, 6) is 0. The molecule has 1 heterocycles. The highest BCUT2D eigenvalue weighted by Crippen LogP contribution is 2.34. The van der Waals surface area contributed by atoms with Gasteiger partial charge in [0.25, 0.3) is 0 Å². The number of hydrogen-bond donors (Lipinski definition) is 1. The van der Waals surface area contributed by atoms with Gasteiger partial charge in [0, 0.05) is 13.1 Å². The Balaban J connectivity index is 1.96. The van der Waals surface area contributed by atoms with E-state index in [4.69, 9.17) is 0 Å². The Morgan fingerprint density at radius 1 is 1.00 bits per heavy atom. The van der Waals surface area contributed by atoms with Crippen molar-refractivity contribution in [1.29, 1.82) is 0 Å². The average Bonchev–Trinajstić information content (AvgIpc) is 2.70. The summed E-state index contributed by atoms with van der Waals surface area (Å²) in [6, 6.07) is 19.8. The summed E-state index contributed by atoms with van der Waals surface area (Å²) in [5, 5.41) is 3.52. The first kappa shape index (κ1) is 12.1. The minimum atomic E-state index is 0.405. The molecule has 1 N–H and O–H groups in total. The number of benzene rings is 2. The number of para-hydroxylation sites is 2. The first-order valence-corrected chi connectivity index (χ1v) is 7.01. The molecule has 3 rings (SSSR count). The van der Waals surface area contributed by atoms with Crippen LogP contribution in [-0.4, -0.2) is 13.1 Å². The van der Waals surface area contributed by atoms with E-state index in [9.17, 15) is 0 Å². The quantitative estimate of drug-likeness (QED) is 0.866. The van der Waals surface area contributed by atoms with Gasteiger partial charge >= 0.3 is 0 Å². The molecular formula is C17H20N2. The maximum atomic E-state index is 3.52. The van der Waals surface area contributed by atoms with E-state index in [1.165, 1.54) is 23.4 Å². The van der Waals surface area contributed by atoms with Crippen LogP contribution in [-0.2, 0) is 0 Å². The minimum absolute atomic E-state index is 0.405. The molecule has 0 bridgehead atoms. The van der Waals surface area contributed by atoms with Crippen LogP contribution in [0, 0.1) is 0 Å². The van der Waals surface area contributed by atoms with Gasteiger partial charge in [-0.15, -0.1) is 0 Å². The predicted molar refractivity (Wildman–Crippen MR) is 81.8 cm³/mol. The summed E-state index contributed by atoms with van der Waals surface area (Å²) in [5.41, 5.74) is 3.94. The standard InChI is InChI=1S/C17H20N2/c1-14(15-8-3-2-4-9-15)19-13-7-12-18-16-10-5-6-11-17(16)19/h2-6,8-11,14,18H,7,12-13H2,1H3. The van der Waals surface area contributed by atoms with Crippen LogP contribution >= 0.6 is 0 Å². The van der Waals surface area contributed by atoms with E-state index < -0.39 is 0 Å². The van der Waals surface area contributed by atoms with Crippen molar-refractivity contribution >= 4 is 11.4 Å². The zero-order valence-corrected chi connectivity index (χ0v) is 11.3. The van der Waals surface area contributed by atoms with Gasteiger partial charge in [0.15, 0.2) is 0 Å². The third-order valence-corrected chi connectivity index (χ3v) is 3.85. The Kier molecular flexibility index (Phi) is 3.41. The second-order valence-corrected chi connectivity index (χ2v) is 5.08. The Labute approximate surface area is 115 Å². The zero-order chi connectivity index (χ0) is 13.1. The van der Waals surface area contributed by atoms with Crippen LogP contribution in [0.25, 0.3) is 0 Å². The summed E-state index contributed by atoms with van der Waals surface area (Å²) in [4.78, 5) is 2.50. The molecule has 0 aliphatic carbocycles. The normalized spacial score (nSPS) is 16.2. The van der Waals surface area contributed by atoms with Gasteiger partial charge < -0.3 is 10.2 Å². The number of anilines is 2. The van der Waals surface area contributed by atoms with E-state index in [0.717, 1.165) is 13.1 Å². The highest BCUT2D eigenvalue weighted by Gasteiger charge is 2.20. The molecule has 0 spiro atoms. The molecule has 2 aromatic rings. The van der Waals surface area contributed by atoms with Gasteiger partial charge in [-0.3, -0.25) is 0 Å². The first-order valence-electron chi connectivity index (χ1n) is 7.01. The smallest absolute Gasteiger partial charge is 0.0607 e. The van der Waals surface area contributed by atoms with Gasteiger partial charge in [-0.1, -0.05) is 42.5 Å². The lowest BCUT2D eigenvalue weighted by Crippen LogP contribution is -2.27. The topological polar surface area (TPSA) is 15.3 Å². The monoisotopic (exact) mass is 252 g/mol. The van der Waals surface area contributed by atoms with Gasteiger partial charge in [-0.25, -0.2) is 0 Å². The highest BCUT2D eigenvalue weighted by molar-refractivity contribution is 5.71. The highest BCUT2D eigenvalue weighted by atomic mass is 15.2. The largest absolute Gasteiger partial charge is 0.383 e. The molecule has 2 aromatic carbocycles. The molecule has 0 aromatic heterocycles. The lowest BCUT2D eigenvalue weighted by molar-refractivity contribution is 0.661. The summed E-state index contributed by atoms with van der Waals surface area (Å²) in [7, 11) is 0. The number of nitrogens with zero attached hydrogens (tertiary/aromatic N) is 1. The van der Waals surface area contributed by atoms with Gasteiger partial charge in [0.05, 0.1) is 17.4 Å². The zero-order valence-electron chi connectivity index (χ0n) is 11.3. The summed E-state index contributed by atoms with van der Waals surface area (Å²) in [6.07, 6.45) is 1.17. The third-order valence-electron chi connectivity index (χ3n) is 3.85. The molecule has 1 aliphatic heterocycles. The molecule has 0 radical (unpaired) electrons. The van der Waals surface area contributed by atoms with Gasteiger partial charge in [0.1, 0.15) is 0 Å². The minimum Gasteiger partial charge on any atom is -0.383 e. The van der Waals surface area contributed by atoms with Crippen LogP contribution in [0.1, 0.15) is 24.9 Å². The Hall–Kier alpha value is -1.96. The molecule has 19 heavy (non-hydrogen) atoms. The van der Waals surface area contributed by atoms with E-state index in [1.807, 2.05) is 0 Å². The van der Waals surface area contributed by atoms with Crippen molar-refractivity contribution in [3.05, 3.63) is 60.2 Å². The van der Waals surface area contributed by atoms with Crippen LogP contribution < -0.4 is 10.2 Å². The second kappa shape index (κ2) is 5.35. The lowest BCUT2D eigenvalue weighted by atomic mass is 10.1. The van der Waals surface area contributed by atoms with Crippen LogP contribution in [0.3, 0.4) is 0 Å². The maximum Gasteiger partial charge on any atom is 0.0607 e. The number of fused-ring (bicyclic) bond motifs is 1. The fourth-order valence-electron chi connectivity index (χ4n) is 2.78. The SMILES string of the molecule is CC(c1ccccc1)N1CCCNc2ccccc21. The van der Waals surface area contributed by atoms with Crippen molar-refractivity contribution in [1.82, 2.24) is 0 Å². The molecule has 0 saturated heterocycles. The number of nitrogens with one attached hydrogen (secondary N) is 1. The molecule has 2 heteroatoms. The fraction of sp³-hybridized carbons (Fsp3) is 0.294. The van der Waals surface area contributed by atoms with Gasteiger partial charge in [-0.05, 0) is 31.0 Å². The van der Waals surface area contributed by atoms with Gasteiger partial charge in [0.2, 0.25) is 0 Å². The Morgan fingerprint density at radius 2 is 1.74 bits per heavy atom. The fourth-order valence-corrected chi connectivity index (χ4v) is 2.78. The molecule has 0 fully saturated rings. The van der Waals surface area contributed by atoms with Crippen LogP contribution in [0.2, 0.25) is 0 Å². The van der Waals surface area contributed by atoms with Crippen molar-refractivity contribution in [3.8, 4) is 0 Å². The van der Waals surface area contributed by atoms with E-state index in [1.54, 1.807) is 0 Å². The number of hydrogen-bond acceptors (Lipinski definition) is 2. The van der Waals surface area contributed by atoms with Crippen molar-refractivity contribution in [3.63, 3.8) is 0 Å². The average molecular weight is 252 g/mol. The van der Waals surface area contributed by atoms with Crippen molar-refractivity contribution in [2.24, 2.45) is 0 Å². The summed E-state index contributed by atoms with van der Waals surface area (Å²) < 4.78 is 0. The molecule has 98 valence electrons. The third kappa shape index (κ3) is 2.43. The summed E-state index contributed by atoms with van der Waals surface area (Å²) in [6.45, 7) is 4.44. The van der Waals surface area contributed by atoms with E-state index in [2.05, 4.69) is 71.7 Å². The van der Waals surface area contributed by atoms with E-state index in [0.29, 0.717) is 6.04 Å². The Bertz CT molecular complexity index is 536. The molecule has 1 atom stereocenters.